The van der Waals surface area contributed by atoms with Gasteiger partial charge in [-0.2, -0.15) is 0 Å². The van der Waals surface area contributed by atoms with E-state index in [4.69, 9.17) is 14.2 Å². The predicted octanol–water partition coefficient (Wildman–Crippen LogP) is 3.33. The van der Waals surface area contributed by atoms with Crippen LogP contribution in [-0.4, -0.2) is 37.3 Å². The number of hydrogen-bond acceptors (Lipinski definition) is 6. The number of methoxy groups -OCH3 is 3. The summed E-state index contributed by atoms with van der Waals surface area (Å²) in [6, 6.07) is 6.08. The summed E-state index contributed by atoms with van der Waals surface area (Å²) >= 11 is 0. The molecule has 0 amide bonds. The molecule has 0 atom stereocenters. The molecule has 0 aliphatic heterocycles. The summed E-state index contributed by atoms with van der Waals surface area (Å²) < 4.78 is 15.8. The molecule has 0 aliphatic carbocycles. The molecule has 0 unspecified atom stereocenters. The minimum atomic E-state index is -0.405. The van der Waals surface area contributed by atoms with E-state index in [1.165, 1.54) is 46.5 Å². The number of ether oxygens (including phenoxy) is 3. The predicted molar refractivity (Wildman–Crippen MR) is 94.0 cm³/mol. The molecule has 0 aliphatic rings. The van der Waals surface area contributed by atoms with E-state index in [2.05, 4.69) is 0 Å². The molecule has 6 heteroatoms. The van der Waals surface area contributed by atoms with Gasteiger partial charge in [0, 0.05) is 17.2 Å². The Morgan fingerprint density at radius 3 is 2.16 bits per heavy atom. The van der Waals surface area contributed by atoms with Crippen LogP contribution in [0.1, 0.15) is 21.5 Å². The summed E-state index contributed by atoms with van der Waals surface area (Å²) in [7, 11) is 4.54. The number of ketones is 1. The Morgan fingerprint density at radius 1 is 0.960 bits per heavy atom. The molecule has 2 aromatic rings. The molecule has 2 aromatic carbocycles. The van der Waals surface area contributed by atoms with Gasteiger partial charge in [0.05, 0.1) is 26.9 Å². The first-order valence-corrected chi connectivity index (χ1v) is 7.46. The van der Waals surface area contributed by atoms with Crippen LogP contribution in [0, 0.1) is 6.92 Å². The molecule has 2 N–H and O–H groups in total. The van der Waals surface area contributed by atoms with Crippen molar-refractivity contribution in [3.63, 3.8) is 0 Å². The van der Waals surface area contributed by atoms with E-state index in [0.29, 0.717) is 22.8 Å². The smallest absolute Gasteiger partial charge is 0.189 e. The van der Waals surface area contributed by atoms with Crippen LogP contribution in [0.3, 0.4) is 0 Å². The lowest BCUT2D eigenvalue weighted by molar-refractivity contribution is 0.104. The maximum Gasteiger partial charge on any atom is 0.189 e. The highest BCUT2D eigenvalue weighted by Gasteiger charge is 2.14. The highest BCUT2D eigenvalue weighted by Crippen LogP contribution is 2.35. The summed E-state index contributed by atoms with van der Waals surface area (Å²) in [4.78, 5) is 12.4. The van der Waals surface area contributed by atoms with Gasteiger partial charge in [-0.1, -0.05) is 0 Å². The summed E-state index contributed by atoms with van der Waals surface area (Å²) in [6.45, 7) is 1.53. The van der Waals surface area contributed by atoms with E-state index < -0.39 is 5.78 Å². The zero-order chi connectivity index (χ0) is 18.6. The van der Waals surface area contributed by atoms with Crippen LogP contribution in [0.2, 0.25) is 0 Å². The Hall–Kier alpha value is -3.15. The third-order valence-corrected chi connectivity index (χ3v) is 3.82. The molecule has 0 aromatic heterocycles. The molecular weight excluding hydrogens is 324 g/mol. The molecule has 132 valence electrons. The lowest BCUT2D eigenvalue weighted by Gasteiger charge is -2.12. The van der Waals surface area contributed by atoms with Crippen LogP contribution in [0.5, 0.6) is 28.7 Å². The second-order valence-corrected chi connectivity index (χ2v) is 5.25. The van der Waals surface area contributed by atoms with Crippen molar-refractivity contribution >= 4 is 11.9 Å². The Balaban J connectivity index is 2.39. The average Bonchev–Trinajstić information content (AvgIpc) is 2.63. The topological polar surface area (TPSA) is 85.2 Å². The number of phenols is 2. The molecule has 0 saturated carbocycles. The lowest BCUT2D eigenvalue weighted by Crippen LogP contribution is -1.97. The van der Waals surface area contributed by atoms with E-state index in [-0.39, 0.29) is 22.6 Å². The highest BCUT2D eigenvalue weighted by molar-refractivity contribution is 6.09. The fraction of sp³-hybridized carbons (Fsp3) is 0.211. The van der Waals surface area contributed by atoms with Gasteiger partial charge in [0.15, 0.2) is 17.3 Å². The normalized spacial score (nSPS) is 10.7. The third kappa shape index (κ3) is 3.68. The molecule has 0 bridgehead atoms. The van der Waals surface area contributed by atoms with E-state index in [9.17, 15) is 15.0 Å². The molecule has 6 nitrogen and oxygen atoms in total. The number of benzene rings is 2. The summed E-state index contributed by atoms with van der Waals surface area (Å²) in [5.74, 6) is 0.798. The van der Waals surface area contributed by atoms with Gasteiger partial charge >= 0.3 is 0 Å². The van der Waals surface area contributed by atoms with Gasteiger partial charge in [0.25, 0.3) is 0 Å². The molecule has 0 heterocycles. The van der Waals surface area contributed by atoms with Crippen molar-refractivity contribution in [1.82, 2.24) is 0 Å². The minimum Gasteiger partial charge on any atom is -0.508 e. The van der Waals surface area contributed by atoms with E-state index >= 15 is 0 Å². The molecule has 0 saturated heterocycles. The number of carbonyl (C=O) groups is 1. The number of carbonyl (C=O) groups excluding carboxylic acids is 1. The monoisotopic (exact) mass is 344 g/mol. The Morgan fingerprint density at radius 2 is 1.56 bits per heavy atom. The van der Waals surface area contributed by atoms with Crippen LogP contribution in [0.15, 0.2) is 30.3 Å². The minimum absolute atomic E-state index is 0.0698. The number of phenolic OH excluding ortho intramolecular Hbond substituents is 2. The molecule has 2 rings (SSSR count). The quantitative estimate of drug-likeness (QED) is 0.618. The van der Waals surface area contributed by atoms with Crippen molar-refractivity contribution in [2.45, 2.75) is 6.92 Å². The molecule has 0 spiro atoms. The Bertz CT molecular complexity index is 823. The zero-order valence-corrected chi connectivity index (χ0v) is 14.5. The van der Waals surface area contributed by atoms with Crippen LogP contribution in [-0.2, 0) is 0 Å². The van der Waals surface area contributed by atoms with Gasteiger partial charge in [-0.05, 0) is 37.3 Å². The van der Waals surface area contributed by atoms with Crippen molar-refractivity contribution in [3.8, 4) is 28.7 Å². The maximum absolute atomic E-state index is 12.4. The van der Waals surface area contributed by atoms with Gasteiger partial charge in [0.1, 0.15) is 17.2 Å². The largest absolute Gasteiger partial charge is 0.508 e. The number of allylic oxidation sites excluding steroid dienone is 1. The SMILES string of the molecule is COc1cc(OC)c(OC)cc1/C=C/C(=O)c1ccc(O)c(C)c1O. The Kier molecular flexibility index (Phi) is 5.54. The average molecular weight is 344 g/mol. The van der Waals surface area contributed by atoms with Crippen molar-refractivity contribution in [1.29, 1.82) is 0 Å². The van der Waals surface area contributed by atoms with E-state index in [1.54, 1.807) is 18.2 Å². The maximum atomic E-state index is 12.4. The zero-order valence-electron chi connectivity index (χ0n) is 14.5. The second kappa shape index (κ2) is 7.61. The molecule has 0 radical (unpaired) electrons. The summed E-state index contributed by atoms with van der Waals surface area (Å²) in [5, 5.41) is 19.6. The summed E-state index contributed by atoms with van der Waals surface area (Å²) in [6.07, 6.45) is 2.88. The van der Waals surface area contributed by atoms with Crippen LogP contribution in [0.4, 0.5) is 0 Å². The van der Waals surface area contributed by atoms with Crippen molar-refractivity contribution in [2.24, 2.45) is 0 Å². The van der Waals surface area contributed by atoms with Crippen LogP contribution in [0.25, 0.3) is 6.08 Å². The first-order valence-electron chi connectivity index (χ1n) is 7.46. The number of rotatable bonds is 6. The van der Waals surface area contributed by atoms with Crippen molar-refractivity contribution in [3.05, 3.63) is 47.0 Å². The van der Waals surface area contributed by atoms with Crippen LogP contribution < -0.4 is 14.2 Å². The van der Waals surface area contributed by atoms with Gasteiger partial charge in [-0.3, -0.25) is 4.79 Å². The number of hydrogen-bond donors (Lipinski definition) is 2. The fourth-order valence-electron chi connectivity index (χ4n) is 2.33. The molecular formula is C19H20O6. The standard InChI is InChI=1S/C19H20O6/c1-11-14(20)8-6-13(19(11)22)15(21)7-5-12-9-17(24-3)18(25-4)10-16(12)23-2/h5-10,20,22H,1-4H3/b7-5+. The third-order valence-electron chi connectivity index (χ3n) is 3.82. The van der Waals surface area contributed by atoms with Gasteiger partial charge in [0.2, 0.25) is 0 Å². The van der Waals surface area contributed by atoms with Crippen molar-refractivity contribution < 1.29 is 29.2 Å². The van der Waals surface area contributed by atoms with Gasteiger partial charge in [-0.25, -0.2) is 0 Å². The van der Waals surface area contributed by atoms with Gasteiger partial charge in [-0.15, -0.1) is 0 Å². The van der Waals surface area contributed by atoms with E-state index in [1.807, 2.05) is 0 Å². The highest BCUT2D eigenvalue weighted by atomic mass is 16.5. The van der Waals surface area contributed by atoms with Crippen LogP contribution >= 0.6 is 0 Å². The van der Waals surface area contributed by atoms with Gasteiger partial charge < -0.3 is 24.4 Å². The number of aromatic hydroxyl groups is 2. The van der Waals surface area contributed by atoms with Crippen molar-refractivity contribution in [2.75, 3.05) is 21.3 Å². The Labute approximate surface area is 145 Å². The second-order valence-electron chi connectivity index (χ2n) is 5.25. The molecule has 0 fully saturated rings. The first-order chi connectivity index (χ1) is 11.9. The first kappa shape index (κ1) is 18.2. The summed E-state index contributed by atoms with van der Waals surface area (Å²) in [5.41, 5.74) is 0.970. The lowest BCUT2D eigenvalue weighted by atomic mass is 10.0. The molecule has 25 heavy (non-hydrogen) atoms. The fourth-order valence-corrected chi connectivity index (χ4v) is 2.33. The van der Waals surface area contributed by atoms with E-state index in [0.717, 1.165) is 0 Å².